The number of aliphatic hydroxyl groups excluding tert-OH is 1. The van der Waals surface area contributed by atoms with Crippen LogP contribution in [0.3, 0.4) is 0 Å². The van der Waals surface area contributed by atoms with Gasteiger partial charge in [0.2, 0.25) is 5.91 Å². The molecule has 1 fully saturated rings. The lowest BCUT2D eigenvalue weighted by molar-refractivity contribution is -0.123. The van der Waals surface area contributed by atoms with Gasteiger partial charge in [0.15, 0.2) is 0 Å². The molecule has 4 nitrogen and oxygen atoms in total. The molecule has 0 spiro atoms. The second-order valence-electron chi connectivity index (χ2n) is 2.91. The molecule has 0 aromatic heterocycles. The van der Waals surface area contributed by atoms with Gasteiger partial charge in [-0.3, -0.25) is 4.79 Å². The van der Waals surface area contributed by atoms with Crippen molar-refractivity contribution in [3.05, 3.63) is 0 Å². The fourth-order valence-corrected chi connectivity index (χ4v) is 1.28. The number of hydrogen-bond donors (Lipinski definition) is 2. The average Bonchev–Trinajstić information content (AvgIpc) is 2.53. The van der Waals surface area contributed by atoms with Crippen LogP contribution in [0, 0.1) is 0 Å². The van der Waals surface area contributed by atoms with Gasteiger partial charge in [-0.15, -0.1) is 0 Å². The van der Waals surface area contributed by atoms with Gasteiger partial charge < -0.3 is 15.2 Å². The molecule has 12 heavy (non-hydrogen) atoms. The van der Waals surface area contributed by atoms with Crippen molar-refractivity contribution in [3.63, 3.8) is 0 Å². The summed E-state index contributed by atoms with van der Waals surface area (Å²) in [7, 11) is 0. The lowest BCUT2D eigenvalue weighted by atomic mass is 10.2. The molecule has 0 radical (unpaired) electrons. The number of carbonyl (C=O) groups excluding carboxylic acids is 1. The van der Waals surface area contributed by atoms with Crippen LogP contribution in [-0.2, 0) is 9.53 Å². The van der Waals surface area contributed by atoms with Crippen LogP contribution >= 0.6 is 0 Å². The fraction of sp³-hybridized carbons (Fsp3) is 0.875. The van der Waals surface area contributed by atoms with Crippen molar-refractivity contribution in [1.29, 1.82) is 0 Å². The van der Waals surface area contributed by atoms with Crippen molar-refractivity contribution in [2.45, 2.75) is 25.4 Å². The second kappa shape index (κ2) is 5.11. The molecule has 0 bridgehead atoms. The highest BCUT2D eigenvalue weighted by Gasteiger charge is 2.18. The molecule has 0 aromatic rings. The first-order valence-electron chi connectivity index (χ1n) is 4.32. The number of nitrogens with one attached hydrogen (secondary N) is 1. The van der Waals surface area contributed by atoms with Crippen molar-refractivity contribution in [2.24, 2.45) is 0 Å². The van der Waals surface area contributed by atoms with Crippen LogP contribution in [0.4, 0.5) is 0 Å². The Bertz CT molecular complexity index is 143. The van der Waals surface area contributed by atoms with Crippen LogP contribution in [-0.4, -0.2) is 36.9 Å². The minimum Gasteiger partial charge on any atom is -0.395 e. The van der Waals surface area contributed by atoms with E-state index in [-0.39, 0.29) is 18.6 Å². The third-order valence-electron chi connectivity index (χ3n) is 1.87. The summed E-state index contributed by atoms with van der Waals surface area (Å²) in [6, 6.07) is 0. The molecule has 0 aliphatic carbocycles. The number of carbonyl (C=O) groups is 1. The normalized spacial score (nSPS) is 22.6. The number of ether oxygens (including phenoxy) is 1. The van der Waals surface area contributed by atoms with Gasteiger partial charge in [0, 0.05) is 13.2 Å². The maximum Gasteiger partial charge on any atom is 0.222 e. The number of aliphatic hydroxyl groups is 1. The fourth-order valence-electron chi connectivity index (χ4n) is 1.28. The molecule has 1 atom stereocenters. The van der Waals surface area contributed by atoms with Crippen molar-refractivity contribution < 1.29 is 14.6 Å². The van der Waals surface area contributed by atoms with E-state index >= 15 is 0 Å². The third-order valence-corrected chi connectivity index (χ3v) is 1.87. The van der Waals surface area contributed by atoms with Gasteiger partial charge in [-0.1, -0.05) is 0 Å². The number of hydrogen-bond acceptors (Lipinski definition) is 3. The molecule has 1 saturated heterocycles. The molecule has 1 aliphatic heterocycles. The van der Waals surface area contributed by atoms with E-state index in [9.17, 15) is 4.79 Å². The number of amides is 1. The molecule has 0 aromatic carbocycles. The van der Waals surface area contributed by atoms with Crippen LogP contribution in [0.2, 0.25) is 0 Å². The molecule has 1 amide bonds. The van der Waals surface area contributed by atoms with Crippen LogP contribution in [0.25, 0.3) is 0 Å². The zero-order valence-electron chi connectivity index (χ0n) is 7.08. The van der Waals surface area contributed by atoms with E-state index in [4.69, 9.17) is 9.84 Å². The van der Waals surface area contributed by atoms with Gasteiger partial charge in [0.05, 0.1) is 19.1 Å². The van der Waals surface area contributed by atoms with E-state index in [0.717, 1.165) is 19.4 Å². The molecule has 0 saturated carbocycles. The summed E-state index contributed by atoms with van der Waals surface area (Å²) in [6.07, 6.45) is 2.56. The summed E-state index contributed by atoms with van der Waals surface area (Å²) in [5.74, 6) is -0.0315. The summed E-state index contributed by atoms with van der Waals surface area (Å²) in [6.45, 7) is 1.11. The van der Waals surface area contributed by atoms with Crippen molar-refractivity contribution in [1.82, 2.24) is 5.32 Å². The molecule has 1 rings (SSSR count). The van der Waals surface area contributed by atoms with Crippen molar-refractivity contribution in [3.8, 4) is 0 Å². The zero-order valence-corrected chi connectivity index (χ0v) is 7.08. The van der Waals surface area contributed by atoms with Crippen LogP contribution in [0.1, 0.15) is 19.3 Å². The van der Waals surface area contributed by atoms with E-state index in [1.807, 2.05) is 0 Å². The maximum absolute atomic E-state index is 11.1. The van der Waals surface area contributed by atoms with Crippen molar-refractivity contribution in [2.75, 3.05) is 19.8 Å². The minimum absolute atomic E-state index is 0.00271. The largest absolute Gasteiger partial charge is 0.395 e. The predicted molar refractivity (Wildman–Crippen MR) is 43.7 cm³/mol. The molecule has 1 aliphatic rings. The SMILES string of the molecule is O=C(CC1CCCO1)NCCO. The monoisotopic (exact) mass is 173 g/mol. The Morgan fingerprint density at radius 1 is 1.67 bits per heavy atom. The number of rotatable bonds is 4. The molecule has 4 heteroatoms. The quantitative estimate of drug-likeness (QED) is 0.611. The Morgan fingerprint density at radius 2 is 2.50 bits per heavy atom. The highest BCUT2D eigenvalue weighted by Crippen LogP contribution is 2.14. The van der Waals surface area contributed by atoms with E-state index in [2.05, 4.69) is 5.32 Å². The first kappa shape index (κ1) is 9.48. The molecular formula is C8H15NO3. The van der Waals surface area contributed by atoms with Crippen LogP contribution in [0.5, 0.6) is 0 Å². The lowest BCUT2D eigenvalue weighted by Gasteiger charge is -2.08. The zero-order chi connectivity index (χ0) is 8.81. The van der Waals surface area contributed by atoms with E-state index in [1.54, 1.807) is 0 Å². The highest BCUT2D eigenvalue weighted by molar-refractivity contribution is 5.76. The highest BCUT2D eigenvalue weighted by atomic mass is 16.5. The van der Waals surface area contributed by atoms with Gasteiger partial charge in [0.25, 0.3) is 0 Å². The lowest BCUT2D eigenvalue weighted by Crippen LogP contribution is -2.29. The Labute approximate surface area is 71.9 Å². The Kier molecular flexibility index (Phi) is 4.04. The summed E-state index contributed by atoms with van der Waals surface area (Å²) >= 11 is 0. The van der Waals surface area contributed by atoms with Gasteiger partial charge >= 0.3 is 0 Å². The maximum atomic E-state index is 11.1. The molecular weight excluding hydrogens is 158 g/mol. The first-order valence-corrected chi connectivity index (χ1v) is 4.32. The van der Waals surface area contributed by atoms with Crippen molar-refractivity contribution >= 4 is 5.91 Å². The van der Waals surface area contributed by atoms with E-state index in [0.29, 0.717) is 13.0 Å². The van der Waals surface area contributed by atoms with Gasteiger partial charge in [-0.05, 0) is 12.8 Å². The standard InChI is InChI=1S/C8H15NO3/c10-4-3-9-8(11)6-7-2-1-5-12-7/h7,10H,1-6H2,(H,9,11). The molecule has 1 heterocycles. The topological polar surface area (TPSA) is 58.6 Å². The summed E-state index contributed by atoms with van der Waals surface area (Å²) in [5.41, 5.74) is 0. The second-order valence-corrected chi connectivity index (χ2v) is 2.91. The van der Waals surface area contributed by atoms with E-state index in [1.165, 1.54) is 0 Å². The minimum atomic E-state index is -0.0315. The summed E-state index contributed by atoms with van der Waals surface area (Å²) in [5, 5.41) is 11.0. The van der Waals surface area contributed by atoms with Gasteiger partial charge in [-0.25, -0.2) is 0 Å². The van der Waals surface area contributed by atoms with E-state index < -0.39 is 0 Å². The molecule has 2 N–H and O–H groups in total. The Morgan fingerprint density at radius 3 is 3.08 bits per heavy atom. The third kappa shape index (κ3) is 3.19. The Balaban J connectivity index is 2.08. The van der Waals surface area contributed by atoms with Gasteiger partial charge in [-0.2, -0.15) is 0 Å². The molecule has 70 valence electrons. The smallest absolute Gasteiger partial charge is 0.222 e. The summed E-state index contributed by atoms with van der Waals surface area (Å²) < 4.78 is 5.28. The molecule has 1 unspecified atom stereocenters. The predicted octanol–water partition coefficient (Wildman–Crippen LogP) is -0.336. The van der Waals surface area contributed by atoms with Crippen LogP contribution < -0.4 is 5.32 Å². The van der Waals surface area contributed by atoms with Gasteiger partial charge in [0.1, 0.15) is 0 Å². The average molecular weight is 173 g/mol. The Hall–Kier alpha value is -0.610. The summed E-state index contributed by atoms with van der Waals surface area (Å²) in [4.78, 5) is 11.1. The van der Waals surface area contributed by atoms with Crippen LogP contribution in [0.15, 0.2) is 0 Å². The first-order chi connectivity index (χ1) is 5.83.